The number of urea groups is 1. The van der Waals surface area contributed by atoms with Gasteiger partial charge in [-0.15, -0.1) is 0 Å². The maximum absolute atomic E-state index is 12.1. The molecule has 22 heavy (non-hydrogen) atoms. The Hall–Kier alpha value is -2.11. The maximum atomic E-state index is 12.1. The van der Waals surface area contributed by atoms with Crippen LogP contribution in [-0.2, 0) is 0 Å². The summed E-state index contributed by atoms with van der Waals surface area (Å²) < 4.78 is 10.3. The summed E-state index contributed by atoms with van der Waals surface area (Å²) in [6.07, 6.45) is 0. The van der Waals surface area contributed by atoms with Crippen molar-refractivity contribution >= 4 is 40.6 Å². The van der Waals surface area contributed by atoms with E-state index in [4.69, 9.17) is 32.7 Å². The Bertz CT molecular complexity index is 692. The molecule has 0 bridgehead atoms. The lowest BCUT2D eigenvalue weighted by atomic mass is 10.2. The van der Waals surface area contributed by atoms with Crippen LogP contribution in [0.4, 0.5) is 16.2 Å². The van der Waals surface area contributed by atoms with Crippen LogP contribution in [0.1, 0.15) is 0 Å². The minimum atomic E-state index is -0.465. The molecule has 0 aliphatic carbocycles. The predicted molar refractivity (Wildman–Crippen MR) is 88.6 cm³/mol. The van der Waals surface area contributed by atoms with E-state index in [0.29, 0.717) is 27.9 Å². The minimum Gasteiger partial charge on any atom is -0.497 e. The van der Waals surface area contributed by atoms with Crippen LogP contribution in [0.2, 0.25) is 10.0 Å². The average Bonchev–Trinajstić information content (AvgIpc) is 2.52. The molecule has 0 aromatic heterocycles. The van der Waals surface area contributed by atoms with Crippen molar-refractivity contribution in [2.45, 2.75) is 0 Å². The van der Waals surface area contributed by atoms with E-state index in [9.17, 15) is 4.79 Å². The van der Waals surface area contributed by atoms with Crippen LogP contribution in [-0.4, -0.2) is 20.3 Å². The van der Waals surface area contributed by atoms with Crippen LogP contribution in [0.3, 0.4) is 0 Å². The average molecular weight is 341 g/mol. The van der Waals surface area contributed by atoms with Crippen molar-refractivity contribution in [1.82, 2.24) is 0 Å². The van der Waals surface area contributed by atoms with Crippen molar-refractivity contribution in [2.75, 3.05) is 24.9 Å². The molecule has 0 aliphatic rings. The molecule has 0 heterocycles. The molecule has 2 N–H and O–H groups in total. The molecule has 0 atom stereocenters. The van der Waals surface area contributed by atoms with Crippen LogP contribution >= 0.6 is 23.2 Å². The zero-order valence-corrected chi connectivity index (χ0v) is 13.5. The third kappa shape index (κ3) is 3.75. The van der Waals surface area contributed by atoms with Crippen LogP contribution < -0.4 is 20.1 Å². The number of carbonyl (C=O) groups excluding carboxylic acids is 1. The molecule has 0 spiro atoms. The first-order valence-electron chi connectivity index (χ1n) is 6.29. The normalized spacial score (nSPS) is 10.0. The van der Waals surface area contributed by atoms with Gasteiger partial charge in [0.1, 0.15) is 11.5 Å². The van der Waals surface area contributed by atoms with Gasteiger partial charge in [-0.2, -0.15) is 0 Å². The zero-order chi connectivity index (χ0) is 16.1. The Morgan fingerprint density at radius 1 is 1.00 bits per heavy atom. The molecule has 0 saturated carbocycles. The van der Waals surface area contributed by atoms with Gasteiger partial charge in [0.15, 0.2) is 0 Å². The summed E-state index contributed by atoms with van der Waals surface area (Å²) in [5, 5.41) is 5.94. The van der Waals surface area contributed by atoms with E-state index in [1.807, 2.05) is 0 Å². The monoisotopic (exact) mass is 340 g/mol. The van der Waals surface area contributed by atoms with Gasteiger partial charge in [0, 0.05) is 6.07 Å². The Morgan fingerprint density at radius 2 is 1.73 bits per heavy atom. The molecule has 0 saturated heterocycles. The lowest BCUT2D eigenvalue weighted by Gasteiger charge is -2.13. The summed E-state index contributed by atoms with van der Waals surface area (Å²) in [4.78, 5) is 12.1. The number of ether oxygens (including phenoxy) is 2. The van der Waals surface area contributed by atoms with Gasteiger partial charge >= 0.3 is 6.03 Å². The van der Waals surface area contributed by atoms with Gasteiger partial charge in [-0.1, -0.05) is 29.3 Å². The van der Waals surface area contributed by atoms with Crippen molar-refractivity contribution in [2.24, 2.45) is 0 Å². The highest BCUT2D eigenvalue weighted by Crippen LogP contribution is 2.31. The number of carbonyl (C=O) groups is 1. The number of nitrogens with one attached hydrogen (secondary N) is 2. The largest absolute Gasteiger partial charge is 0.497 e. The molecule has 2 amide bonds. The number of rotatable bonds is 4. The smallest absolute Gasteiger partial charge is 0.323 e. The van der Waals surface area contributed by atoms with E-state index >= 15 is 0 Å². The molecule has 0 fully saturated rings. The fraction of sp³-hybridized carbons (Fsp3) is 0.133. The van der Waals surface area contributed by atoms with Crippen molar-refractivity contribution in [1.29, 1.82) is 0 Å². The summed E-state index contributed by atoms with van der Waals surface area (Å²) in [5.74, 6) is 1.10. The Balaban J connectivity index is 2.14. The minimum absolute atomic E-state index is 0.279. The molecule has 0 aliphatic heterocycles. The van der Waals surface area contributed by atoms with E-state index in [2.05, 4.69) is 10.6 Å². The third-order valence-electron chi connectivity index (χ3n) is 2.86. The quantitative estimate of drug-likeness (QED) is 0.851. The SMILES string of the molecule is COc1ccc(NC(=O)Nc2cccc(Cl)c2Cl)c(OC)c1. The number of methoxy groups -OCH3 is 2. The van der Waals surface area contributed by atoms with E-state index in [0.717, 1.165) is 0 Å². The Kier molecular flexibility index (Phi) is 5.35. The van der Waals surface area contributed by atoms with Crippen LogP contribution in [0.5, 0.6) is 11.5 Å². The van der Waals surface area contributed by atoms with Gasteiger partial charge in [0.05, 0.1) is 35.6 Å². The lowest BCUT2D eigenvalue weighted by molar-refractivity contribution is 0.262. The first-order chi connectivity index (χ1) is 10.5. The highest BCUT2D eigenvalue weighted by molar-refractivity contribution is 6.44. The Morgan fingerprint density at radius 3 is 2.41 bits per heavy atom. The van der Waals surface area contributed by atoms with Gasteiger partial charge in [-0.3, -0.25) is 0 Å². The van der Waals surface area contributed by atoms with Crippen molar-refractivity contribution in [3.8, 4) is 11.5 Å². The van der Waals surface area contributed by atoms with Gasteiger partial charge in [-0.25, -0.2) is 4.79 Å². The molecule has 2 rings (SSSR count). The predicted octanol–water partition coefficient (Wildman–Crippen LogP) is 4.65. The molecule has 116 valence electrons. The molecule has 2 aromatic rings. The van der Waals surface area contributed by atoms with E-state index in [-0.39, 0.29) is 5.02 Å². The third-order valence-corrected chi connectivity index (χ3v) is 3.68. The second-order valence-electron chi connectivity index (χ2n) is 4.25. The number of benzene rings is 2. The zero-order valence-electron chi connectivity index (χ0n) is 11.9. The molecule has 5 nitrogen and oxygen atoms in total. The molecule has 0 radical (unpaired) electrons. The summed E-state index contributed by atoms with van der Waals surface area (Å²) in [6.45, 7) is 0. The highest BCUT2D eigenvalue weighted by Gasteiger charge is 2.11. The summed E-state index contributed by atoms with van der Waals surface area (Å²) >= 11 is 11.9. The molecule has 2 aromatic carbocycles. The second kappa shape index (κ2) is 7.24. The molecular formula is C15H14Cl2N2O3. The maximum Gasteiger partial charge on any atom is 0.323 e. The fourth-order valence-electron chi connectivity index (χ4n) is 1.78. The van der Waals surface area contributed by atoms with Gasteiger partial charge < -0.3 is 20.1 Å². The van der Waals surface area contributed by atoms with Crippen LogP contribution in [0, 0.1) is 0 Å². The number of halogens is 2. The fourth-order valence-corrected chi connectivity index (χ4v) is 2.13. The number of hydrogen-bond donors (Lipinski definition) is 2. The van der Waals surface area contributed by atoms with Gasteiger partial charge in [0.2, 0.25) is 0 Å². The Labute approximate surface area is 138 Å². The first kappa shape index (κ1) is 16.3. The van der Waals surface area contributed by atoms with Gasteiger partial charge in [-0.05, 0) is 24.3 Å². The van der Waals surface area contributed by atoms with Crippen molar-refractivity contribution in [3.63, 3.8) is 0 Å². The van der Waals surface area contributed by atoms with E-state index in [1.165, 1.54) is 7.11 Å². The standard InChI is InChI=1S/C15H14Cl2N2O3/c1-21-9-6-7-11(13(8-9)22-2)18-15(20)19-12-5-3-4-10(16)14(12)17/h3-8H,1-2H3,(H2,18,19,20). The topological polar surface area (TPSA) is 59.6 Å². The molecular weight excluding hydrogens is 327 g/mol. The van der Waals surface area contributed by atoms with Crippen molar-refractivity contribution in [3.05, 3.63) is 46.4 Å². The summed E-state index contributed by atoms with van der Waals surface area (Å²) in [6, 6.07) is 9.58. The number of amides is 2. The first-order valence-corrected chi connectivity index (χ1v) is 7.04. The molecule has 0 unspecified atom stereocenters. The number of hydrogen-bond acceptors (Lipinski definition) is 3. The van der Waals surface area contributed by atoms with Crippen molar-refractivity contribution < 1.29 is 14.3 Å². The molecule has 7 heteroatoms. The number of anilines is 2. The van der Waals surface area contributed by atoms with E-state index in [1.54, 1.807) is 43.5 Å². The highest BCUT2D eigenvalue weighted by atomic mass is 35.5. The summed E-state index contributed by atoms with van der Waals surface area (Å²) in [7, 11) is 3.06. The van der Waals surface area contributed by atoms with Crippen LogP contribution in [0.15, 0.2) is 36.4 Å². The van der Waals surface area contributed by atoms with Gasteiger partial charge in [0.25, 0.3) is 0 Å². The van der Waals surface area contributed by atoms with E-state index < -0.39 is 6.03 Å². The summed E-state index contributed by atoms with van der Waals surface area (Å²) in [5.41, 5.74) is 0.915. The lowest BCUT2D eigenvalue weighted by Crippen LogP contribution is -2.20. The second-order valence-corrected chi connectivity index (χ2v) is 5.03. The van der Waals surface area contributed by atoms with Crippen LogP contribution in [0.25, 0.3) is 0 Å².